The number of fused-ring (bicyclic) bond motifs is 4. The van der Waals surface area contributed by atoms with Gasteiger partial charge in [0.25, 0.3) is 0 Å². The summed E-state index contributed by atoms with van der Waals surface area (Å²) in [4.78, 5) is 7.32. The number of rotatable bonds is 8. The molecule has 0 saturated carbocycles. The van der Waals surface area contributed by atoms with E-state index in [9.17, 15) is 0 Å². The molecule has 1 aromatic carbocycles. The van der Waals surface area contributed by atoms with Gasteiger partial charge in [-0.3, -0.25) is 0 Å². The average Bonchev–Trinajstić information content (AvgIpc) is 3.37. The summed E-state index contributed by atoms with van der Waals surface area (Å²) in [6.45, 7) is 3.77. The first-order chi connectivity index (χ1) is 13.9. The smallest absolute Gasteiger partial charge is 0.151 e. The van der Waals surface area contributed by atoms with E-state index < -0.39 is 0 Å². The Balaban J connectivity index is 1.07. The Morgan fingerprint density at radius 1 is 1.04 bits per heavy atom. The number of thioether (sulfide) groups is 2. The van der Waals surface area contributed by atoms with Gasteiger partial charge >= 0.3 is 0 Å². The second-order valence-electron chi connectivity index (χ2n) is 7.55. The van der Waals surface area contributed by atoms with Crippen LogP contribution in [0.2, 0.25) is 0 Å². The third-order valence-electron chi connectivity index (χ3n) is 5.77. The van der Waals surface area contributed by atoms with Gasteiger partial charge in [-0.1, -0.05) is 23.9 Å². The van der Waals surface area contributed by atoms with Gasteiger partial charge in [-0.15, -0.1) is 23.1 Å². The van der Waals surface area contributed by atoms with Crippen molar-refractivity contribution in [2.24, 2.45) is 5.92 Å². The summed E-state index contributed by atoms with van der Waals surface area (Å²) in [6.07, 6.45) is 5.13. The Morgan fingerprint density at radius 2 is 1.86 bits per heavy atom. The van der Waals surface area contributed by atoms with Crippen LogP contribution in [0.1, 0.15) is 37.3 Å². The molecule has 8 heteroatoms. The first-order valence-corrected chi connectivity index (χ1v) is 13.5. The Bertz CT molecular complexity index is 883. The summed E-state index contributed by atoms with van der Waals surface area (Å²) >= 11 is 7.03. The van der Waals surface area contributed by atoms with Crippen molar-refractivity contribution in [2.45, 2.75) is 41.0 Å². The molecule has 0 spiro atoms. The summed E-state index contributed by atoms with van der Waals surface area (Å²) < 4.78 is 11.8. The number of hydrogen-bond donors (Lipinski definition) is 0. The van der Waals surface area contributed by atoms with Crippen molar-refractivity contribution in [3.05, 3.63) is 30.0 Å². The number of piperidine rings is 3. The Hall–Kier alpha value is -0.670. The fourth-order valence-corrected chi connectivity index (χ4v) is 8.15. The summed E-state index contributed by atoms with van der Waals surface area (Å²) in [6, 6.07) is 8.40. The van der Waals surface area contributed by atoms with Crippen LogP contribution in [0.15, 0.2) is 33.6 Å². The highest BCUT2D eigenvalue weighted by Crippen LogP contribution is 2.41. The van der Waals surface area contributed by atoms with E-state index in [0.717, 1.165) is 22.9 Å². The lowest BCUT2D eigenvalue weighted by Gasteiger charge is -2.44. The van der Waals surface area contributed by atoms with Crippen LogP contribution in [-0.4, -0.2) is 49.8 Å². The lowest BCUT2D eigenvalue weighted by molar-refractivity contribution is 0.0846. The van der Waals surface area contributed by atoms with Crippen molar-refractivity contribution in [3.63, 3.8) is 0 Å². The van der Waals surface area contributed by atoms with Gasteiger partial charge < -0.3 is 4.90 Å². The Morgan fingerprint density at radius 3 is 2.64 bits per heavy atom. The minimum atomic E-state index is 0.623. The van der Waals surface area contributed by atoms with Crippen molar-refractivity contribution in [3.8, 4) is 0 Å². The monoisotopic (exact) mass is 448 g/mol. The van der Waals surface area contributed by atoms with Crippen LogP contribution in [0, 0.1) is 5.92 Å². The summed E-state index contributed by atoms with van der Waals surface area (Å²) in [5.74, 6) is 3.74. The van der Waals surface area contributed by atoms with E-state index in [0.29, 0.717) is 5.92 Å². The maximum Gasteiger partial charge on any atom is 0.151 e. The maximum absolute atomic E-state index is 4.71. The van der Waals surface area contributed by atoms with Crippen LogP contribution in [0.5, 0.6) is 0 Å². The highest BCUT2D eigenvalue weighted by molar-refractivity contribution is 8.01. The molecule has 5 heterocycles. The van der Waals surface area contributed by atoms with Gasteiger partial charge in [0.05, 0.1) is 27.6 Å². The predicted octanol–water partition coefficient (Wildman–Crippen LogP) is 5.62. The lowest BCUT2D eigenvalue weighted by Crippen LogP contribution is -2.46. The van der Waals surface area contributed by atoms with Gasteiger partial charge in [0.15, 0.2) is 4.34 Å². The molecular formula is C20H24N4S4. The van der Waals surface area contributed by atoms with E-state index in [4.69, 9.17) is 9.36 Å². The molecule has 0 amide bonds. The van der Waals surface area contributed by atoms with Gasteiger partial charge in [0.1, 0.15) is 5.03 Å². The third kappa shape index (κ3) is 4.26. The molecule has 2 aromatic heterocycles. The molecular weight excluding hydrogens is 425 g/mol. The molecule has 4 nitrogen and oxygen atoms in total. The zero-order valence-electron chi connectivity index (χ0n) is 15.7. The number of thiazole rings is 1. The van der Waals surface area contributed by atoms with Crippen molar-refractivity contribution in [1.29, 1.82) is 0 Å². The van der Waals surface area contributed by atoms with Gasteiger partial charge in [0.2, 0.25) is 0 Å². The third-order valence-corrected chi connectivity index (χ3v) is 9.76. The first-order valence-electron chi connectivity index (χ1n) is 10.0. The van der Waals surface area contributed by atoms with E-state index in [1.807, 2.05) is 34.9 Å². The van der Waals surface area contributed by atoms with Crippen LogP contribution in [0.3, 0.4) is 0 Å². The molecule has 0 N–H and O–H groups in total. The second kappa shape index (κ2) is 9.00. The largest absolute Gasteiger partial charge is 0.303 e. The van der Waals surface area contributed by atoms with Crippen LogP contribution >= 0.6 is 46.6 Å². The molecule has 148 valence electrons. The number of para-hydroxylation sites is 1. The number of benzene rings is 1. The SMILES string of the molecule is c1ccc2sc(SCCCCSc3nsnc3C3CN4CCC3CC4)nc2c1. The van der Waals surface area contributed by atoms with Crippen molar-refractivity contribution in [1.82, 2.24) is 18.6 Å². The summed E-state index contributed by atoms with van der Waals surface area (Å²) in [7, 11) is 0. The molecule has 28 heavy (non-hydrogen) atoms. The van der Waals surface area contributed by atoms with E-state index in [-0.39, 0.29) is 0 Å². The number of hydrogen-bond acceptors (Lipinski definition) is 8. The lowest BCUT2D eigenvalue weighted by atomic mass is 9.78. The maximum atomic E-state index is 4.71. The first kappa shape index (κ1) is 19.3. The number of nitrogens with zero attached hydrogens (tertiary/aromatic N) is 4. The second-order valence-corrected chi connectivity index (χ2v) is 11.5. The molecule has 1 unspecified atom stereocenters. The molecule has 3 aromatic rings. The van der Waals surface area contributed by atoms with E-state index >= 15 is 0 Å². The van der Waals surface area contributed by atoms with Crippen LogP contribution in [0.25, 0.3) is 10.2 Å². The summed E-state index contributed by atoms with van der Waals surface area (Å²) in [5, 5.41) is 1.21. The van der Waals surface area contributed by atoms with Gasteiger partial charge in [-0.05, 0) is 62.6 Å². The highest BCUT2D eigenvalue weighted by Gasteiger charge is 2.37. The number of aromatic nitrogens is 3. The molecule has 0 aliphatic carbocycles. The normalized spacial score (nSPS) is 24.2. The molecule has 3 saturated heterocycles. The highest BCUT2D eigenvalue weighted by atomic mass is 32.2. The zero-order valence-corrected chi connectivity index (χ0v) is 19.0. The Kier molecular flexibility index (Phi) is 6.20. The average molecular weight is 449 g/mol. The molecule has 6 rings (SSSR count). The van der Waals surface area contributed by atoms with Gasteiger partial charge in [0, 0.05) is 18.2 Å². The van der Waals surface area contributed by atoms with Crippen LogP contribution in [0.4, 0.5) is 0 Å². The topological polar surface area (TPSA) is 41.9 Å². The van der Waals surface area contributed by atoms with Gasteiger partial charge in [-0.2, -0.15) is 8.75 Å². The quantitative estimate of drug-likeness (QED) is 0.329. The van der Waals surface area contributed by atoms with Gasteiger partial charge in [-0.25, -0.2) is 4.98 Å². The molecule has 1 atom stereocenters. The fourth-order valence-electron chi connectivity index (χ4n) is 4.23. The van der Waals surface area contributed by atoms with Crippen LogP contribution < -0.4 is 0 Å². The van der Waals surface area contributed by atoms with E-state index in [1.165, 1.54) is 76.8 Å². The summed E-state index contributed by atoms with van der Waals surface area (Å²) in [5.41, 5.74) is 2.43. The number of unbranched alkanes of at least 4 members (excludes halogenated alkanes) is 1. The molecule has 3 fully saturated rings. The van der Waals surface area contributed by atoms with E-state index in [2.05, 4.69) is 33.5 Å². The van der Waals surface area contributed by atoms with Crippen LogP contribution in [-0.2, 0) is 0 Å². The van der Waals surface area contributed by atoms with Crippen molar-refractivity contribution < 1.29 is 0 Å². The Labute approximate surface area is 182 Å². The minimum Gasteiger partial charge on any atom is -0.303 e. The predicted molar refractivity (Wildman–Crippen MR) is 122 cm³/mol. The van der Waals surface area contributed by atoms with E-state index in [1.54, 1.807) is 0 Å². The van der Waals surface area contributed by atoms with Crippen molar-refractivity contribution >= 4 is 56.8 Å². The molecule has 0 radical (unpaired) electrons. The minimum absolute atomic E-state index is 0.623. The van der Waals surface area contributed by atoms with Crippen molar-refractivity contribution in [2.75, 3.05) is 31.1 Å². The molecule has 3 aliphatic rings. The molecule has 3 aliphatic heterocycles. The fraction of sp³-hybridized carbons (Fsp3) is 0.550. The standard InChI is InChI=1S/C20H24N4S4/c1-2-6-17-16(5-1)21-20(27-17)26-12-4-3-11-25-19-18(22-28-23-19)15-13-24-9-7-14(15)8-10-24/h1-2,5-6,14-15H,3-4,7-13H2. The molecule has 2 bridgehead atoms. The zero-order chi connectivity index (χ0) is 18.8.